The van der Waals surface area contributed by atoms with Gasteiger partial charge in [0.2, 0.25) is 0 Å². The Balaban J connectivity index is 1.54. The second-order valence-electron chi connectivity index (χ2n) is 8.55. The Morgan fingerprint density at radius 3 is 2.45 bits per heavy atom. The van der Waals surface area contributed by atoms with E-state index in [1.165, 1.54) is 12.8 Å². The van der Waals surface area contributed by atoms with Crippen molar-refractivity contribution >= 4 is 22.4 Å². The van der Waals surface area contributed by atoms with E-state index in [9.17, 15) is 0 Å². The molecule has 170 valence electrons. The van der Waals surface area contributed by atoms with E-state index >= 15 is 0 Å². The summed E-state index contributed by atoms with van der Waals surface area (Å²) < 4.78 is 13.0. The predicted octanol–water partition coefficient (Wildman–Crippen LogP) is 5.47. The Morgan fingerprint density at radius 2 is 1.76 bits per heavy atom. The Hall–Kier alpha value is -3.61. The van der Waals surface area contributed by atoms with E-state index < -0.39 is 0 Å². The molecule has 0 N–H and O–H groups in total. The number of ether oxygens (including phenoxy) is 2. The summed E-state index contributed by atoms with van der Waals surface area (Å²) in [4.78, 5) is 11.9. The van der Waals surface area contributed by atoms with Gasteiger partial charge in [0.05, 0.1) is 43.3 Å². The topological polar surface area (TPSA) is 65.3 Å². The fraction of sp³-hybridized carbons (Fsp3) is 0.346. The monoisotopic (exact) mass is 443 g/mol. The molecule has 2 heterocycles. The summed E-state index contributed by atoms with van der Waals surface area (Å²) >= 11 is 0. The first-order valence-corrected chi connectivity index (χ1v) is 11.5. The van der Waals surface area contributed by atoms with Crippen molar-refractivity contribution in [2.45, 2.75) is 32.7 Å². The van der Waals surface area contributed by atoms with Crippen molar-refractivity contribution in [1.82, 2.24) is 19.7 Å². The van der Waals surface area contributed by atoms with Crippen molar-refractivity contribution < 1.29 is 9.47 Å². The molecule has 0 spiro atoms. The molecular weight excluding hydrogens is 414 g/mol. The lowest BCUT2D eigenvalue weighted by Crippen LogP contribution is -2.20. The Labute approximate surface area is 194 Å². The number of methoxy groups -OCH3 is 2. The summed E-state index contributed by atoms with van der Waals surface area (Å²) in [6.07, 6.45) is 9.28. The summed E-state index contributed by atoms with van der Waals surface area (Å²) in [6.45, 7) is 3.98. The zero-order valence-corrected chi connectivity index (χ0v) is 19.4. The lowest BCUT2D eigenvalue weighted by Gasteiger charge is -2.26. The van der Waals surface area contributed by atoms with Crippen LogP contribution in [0.3, 0.4) is 0 Å². The molecule has 2 aromatic heterocycles. The molecule has 1 aliphatic carbocycles. The predicted molar refractivity (Wildman–Crippen MR) is 130 cm³/mol. The molecular formula is C26H29N5O2. The molecule has 0 aliphatic heterocycles. The number of rotatable bonds is 9. The number of hydrogen-bond acceptors (Lipinski definition) is 6. The highest BCUT2D eigenvalue weighted by atomic mass is 16.5. The van der Waals surface area contributed by atoms with Gasteiger partial charge in [-0.25, -0.2) is 4.98 Å². The standard InChI is InChI=1S/C26H29N5O2/c1-4-9-30-17-19(14-28-30)26-15-27-24-8-7-20(12-25(24)29-26)31(16-18-5-6-18)21-10-22(32-2)13-23(11-21)33-3/h7-8,10-15,17-18H,4-6,9,16H2,1-3H3. The van der Waals surface area contributed by atoms with Crippen molar-refractivity contribution in [3.63, 3.8) is 0 Å². The van der Waals surface area contributed by atoms with Gasteiger partial charge in [-0.05, 0) is 43.4 Å². The smallest absolute Gasteiger partial charge is 0.124 e. The molecule has 7 heteroatoms. The highest BCUT2D eigenvalue weighted by Crippen LogP contribution is 2.38. The van der Waals surface area contributed by atoms with Crippen LogP contribution in [0, 0.1) is 5.92 Å². The first-order valence-electron chi connectivity index (χ1n) is 11.5. The second-order valence-corrected chi connectivity index (χ2v) is 8.55. The number of anilines is 2. The van der Waals surface area contributed by atoms with Gasteiger partial charge in [-0.2, -0.15) is 5.10 Å². The minimum Gasteiger partial charge on any atom is -0.497 e. The van der Waals surface area contributed by atoms with Crippen LogP contribution in [0.15, 0.2) is 55.0 Å². The summed E-state index contributed by atoms with van der Waals surface area (Å²) in [5.41, 5.74) is 5.68. The molecule has 7 nitrogen and oxygen atoms in total. The van der Waals surface area contributed by atoms with Gasteiger partial charge < -0.3 is 14.4 Å². The molecule has 1 aliphatic rings. The lowest BCUT2D eigenvalue weighted by molar-refractivity contribution is 0.394. The molecule has 2 aromatic carbocycles. The van der Waals surface area contributed by atoms with Crippen LogP contribution >= 0.6 is 0 Å². The first kappa shape index (κ1) is 21.2. The van der Waals surface area contributed by atoms with Gasteiger partial charge in [0.15, 0.2) is 0 Å². The van der Waals surface area contributed by atoms with Crippen LogP contribution < -0.4 is 14.4 Å². The molecule has 1 saturated carbocycles. The van der Waals surface area contributed by atoms with Crippen molar-refractivity contribution in [2.24, 2.45) is 5.92 Å². The molecule has 33 heavy (non-hydrogen) atoms. The van der Waals surface area contributed by atoms with Crippen molar-refractivity contribution in [1.29, 1.82) is 0 Å². The molecule has 0 atom stereocenters. The molecule has 4 aromatic rings. The van der Waals surface area contributed by atoms with Crippen molar-refractivity contribution in [3.8, 4) is 22.8 Å². The van der Waals surface area contributed by atoms with Crippen molar-refractivity contribution in [3.05, 3.63) is 55.0 Å². The van der Waals surface area contributed by atoms with Crippen LogP contribution in [0.1, 0.15) is 26.2 Å². The van der Waals surface area contributed by atoms with E-state index in [1.807, 2.05) is 35.4 Å². The Bertz CT molecular complexity index is 1240. The van der Waals surface area contributed by atoms with E-state index in [-0.39, 0.29) is 0 Å². The highest BCUT2D eigenvalue weighted by molar-refractivity contribution is 5.82. The Kier molecular flexibility index (Phi) is 5.86. The lowest BCUT2D eigenvalue weighted by atomic mass is 10.1. The normalized spacial score (nSPS) is 13.3. The van der Waals surface area contributed by atoms with E-state index in [2.05, 4.69) is 46.2 Å². The van der Waals surface area contributed by atoms with Gasteiger partial charge in [-0.15, -0.1) is 0 Å². The molecule has 0 bridgehead atoms. The maximum Gasteiger partial charge on any atom is 0.124 e. The summed E-state index contributed by atoms with van der Waals surface area (Å²) in [7, 11) is 3.36. The maximum atomic E-state index is 5.52. The summed E-state index contributed by atoms with van der Waals surface area (Å²) in [5.74, 6) is 2.24. The minimum atomic E-state index is 0.694. The van der Waals surface area contributed by atoms with E-state index in [0.717, 1.165) is 64.7 Å². The fourth-order valence-corrected chi connectivity index (χ4v) is 4.02. The maximum absolute atomic E-state index is 5.52. The zero-order valence-electron chi connectivity index (χ0n) is 19.4. The summed E-state index contributed by atoms with van der Waals surface area (Å²) in [6, 6.07) is 12.3. The van der Waals surface area contributed by atoms with Crippen LogP contribution in [-0.2, 0) is 6.54 Å². The molecule has 5 rings (SSSR count). The van der Waals surface area contributed by atoms with Crippen LogP contribution in [0.25, 0.3) is 22.3 Å². The van der Waals surface area contributed by atoms with E-state index in [4.69, 9.17) is 14.5 Å². The fourth-order valence-electron chi connectivity index (χ4n) is 4.02. The molecule has 0 amide bonds. The highest BCUT2D eigenvalue weighted by Gasteiger charge is 2.26. The number of nitrogens with zero attached hydrogens (tertiary/aromatic N) is 5. The third kappa shape index (κ3) is 4.62. The van der Waals surface area contributed by atoms with Crippen LogP contribution in [0.2, 0.25) is 0 Å². The summed E-state index contributed by atoms with van der Waals surface area (Å²) in [5, 5.41) is 4.44. The number of benzene rings is 2. The van der Waals surface area contributed by atoms with E-state index in [1.54, 1.807) is 14.2 Å². The average molecular weight is 444 g/mol. The number of aromatic nitrogens is 4. The minimum absolute atomic E-state index is 0.694. The van der Waals surface area contributed by atoms with Crippen LogP contribution in [-0.4, -0.2) is 40.5 Å². The van der Waals surface area contributed by atoms with Crippen molar-refractivity contribution in [2.75, 3.05) is 25.7 Å². The van der Waals surface area contributed by atoms with Gasteiger partial charge in [0, 0.05) is 54.4 Å². The molecule has 0 unspecified atom stereocenters. The van der Waals surface area contributed by atoms with Gasteiger partial charge in [-0.1, -0.05) is 6.92 Å². The zero-order chi connectivity index (χ0) is 22.8. The van der Waals surface area contributed by atoms with Crippen LogP contribution in [0.5, 0.6) is 11.5 Å². The average Bonchev–Trinajstić information content (AvgIpc) is 3.56. The van der Waals surface area contributed by atoms with Gasteiger partial charge in [0.25, 0.3) is 0 Å². The molecule has 1 fully saturated rings. The quantitative estimate of drug-likeness (QED) is 0.342. The second kappa shape index (κ2) is 9.10. The SMILES string of the molecule is CCCn1cc(-c2cnc3ccc(N(CC4CC4)c4cc(OC)cc(OC)c4)cc3n2)cn1. The molecule has 0 saturated heterocycles. The van der Waals surface area contributed by atoms with Gasteiger partial charge in [-0.3, -0.25) is 9.67 Å². The van der Waals surface area contributed by atoms with Gasteiger partial charge in [0.1, 0.15) is 11.5 Å². The third-order valence-corrected chi connectivity index (χ3v) is 6.00. The largest absolute Gasteiger partial charge is 0.497 e. The first-order chi connectivity index (χ1) is 16.2. The Morgan fingerprint density at radius 1 is 0.970 bits per heavy atom. The molecule has 0 radical (unpaired) electrons. The number of aryl methyl sites for hydroxylation is 1. The van der Waals surface area contributed by atoms with Gasteiger partial charge >= 0.3 is 0 Å². The van der Waals surface area contributed by atoms with E-state index in [0.29, 0.717) is 5.92 Å². The third-order valence-electron chi connectivity index (χ3n) is 6.00. The number of fused-ring (bicyclic) bond motifs is 1. The number of hydrogen-bond donors (Lipinski definition) is 0. The van der Waals surface area contributed by atoms with Crippen LogP contribution in [0.4, 0.5) is 11.4 Å².